The summed E-state index contributed by atoms with van der Waals surface area (Å²) in [5, 5.41) is 0. The average molecular weight is 335 g/mol. The summed E-state index contributed by atoms with van der Waals surface area (Å²) in [7, 11) is -1.05. The lowest BCUT2D eigenvalue weighted by Gasteiger charge is -2.27. The van der Waals surface area contributed by atoms with Crippen LogP contribution < -0.4 is 5.73 Å². The smallest absolute Gasteiger partial charge is 0.148 e. The highest BCUT2D eigenvalue weighted by atomic mass is 79.9. The molecule has 0 aliphatic carbocycles. The van der Waals surface area contributed by atoms with Gasteiger partial charge in [-0.2, -0.15) is 0 Å². The van der Waals surface area contributed by atoms with Gasteiger partial charge >= 0.3 is 0 Å². The Labute approximate surface area is 117 Å². The molecule has 0 aliphatic rings. The highest BCUT2D eigenvalue weighted by Crippen LogP contribution is 2.21. The predicted octanol–water partition coefficient (Wildman–Crippen LogP) is 1.43. The van der Waals surface area contributed by atoms with Crippen LogP contribution in [0.1, 0.15) is 11.6 Å². The number of rotatable bonds is 6. The van der Waals surface area contributed by atoms with Gasteiger partial charge in [0.25, 0.3) is 0 Å². The zero-order chi connectivity index (χ0) is 13.8. The molecule has 0 saturated carbocycles. The van der Waals surface area contributed by atoms with E-state index in [0.29, 0.717) is 13.1 Å². The summed E-state index contributed by atoms with van der Waals surface area (Å²) >= 11 is 3.42. The van der Waals surface area contributed by atoms with E-state index in [-0.39, 0.29) is 11.8 Å². The molecule has 18 heavy (non-hydrogen) atoms. The molecule has 0 fully saturated rings. The molecule has 0 heterocycles. The van der Waals surface area contributed by atoms with Gasteiger partial charge in [-0.3, -0.25) is 4.90 Å². The van der Waals surface area contributed by atoms with Gasteiger partial charge in [0.1, 0.15) is 9.84 Å². The van der Waals surface area contributed by atoms with Crippen LogP contribution in [0.25, 0.3) is 0 Å². The molecule has 1 rings (SSSR count). The first-order valence-electron chi connectivity index (χ1n) is 5.67. The summed E-state index contributed by atoms with van der Waals surface area (Å²) in [5.74, 6) is 0.147. The first-order valence-corrected chi connectivity index (χ1v) is 8.52. The van der Waals surface area contributed by atoms with Crippen molar-refractivity contribution in [2.24, 2.45) is 5.73 Å². The number of hydrogen-bond acceptors (Lipinski definition) is 4. The van der Waals surface area contributed by atoms with Gasteiger partial charge < -0.3 is 5.73 Å². The molecule has 0 saturated heterocycles. The second-order valence-corrected chi connectivity index (χ2v) is 7.59. The number of halogens is 1. The molecule has 1 unspecified atom stereocenters. The summed E-state index contributed by atoms with van der Waals surface area (Å²) in [6, 6.07) is 7.94. The maximum atomic E-state index is 11.2. The maximum absolute atomic E-state index is 11.2. The van der Waals surface area contributed by atoms with Crippen molar-refractivity contribution in [3.8, 4) is 0 Å². The van der Waals surface area contributed by atoms with Gasteiger partial charge in [0.2, 0.25) is 0 Å². The quantitative estimate of drug-likeness (QED) is 0.854. The monoisotopic (exact) mass is 334 g/mol. The zero-order valence-electron chi connectivity index (χ0n) is 10.6. The molecular formula is C12H19BrN2O2S. The van der Waals surface area contributed by atoms with Gasteiger partial charge in [0, 0.05) is 29.9 Å². The highest BCUT2D eigenvalue weighted by Gasteiger charge is 2.16. The molecular weight excluding hydrogens is 316 g/mol. The van der Waals surface area contributed by atoms with E-state index in [1.807, 2.05) is 36.2 Å². The van der Waals surface area contributed by atoms with E-state index in [9.17, 15) is 8.42 Å². The average Bonchev–Trinajstić information content (AvgIpc) is 2.26. The van der Waals surface area contributed by atoms with Crippen molar-refractivity contribution < 1.29 is 8.42 Å². The Morgan fingerprint density at radius 3 is 2.61 bits per heavy atom. The fourth-order valence-corrected chi connectivity index (χ4v) is 2.79. The molecule has 102 valence electrons. The minimum Gasteiger partial charge on any atom is -0.329 e. The van der Waals surface area contributed by atoms with Crippen molar-refractivity contribution in [1.82, 2.24) is 4.90 Å². The minimum absolute atomic E-state index is 0.0317. The van der Waals surface area contributed by atoms with Gasteiger partial charge in [-0.05, 0) is 24.7 Å². The fraction of sp³-hybridized carbons (Fsp3) is 0.500. The van der Waals surface area contributed by atoms with Crippen LogP contribution in [0.2, 0.25) is 0 Å². The topological polar surface area (TPSA) is 63.4 Å². The van der Waals surface area contributed by atoms with Crippen LogP contribution >= 0.6 is 15.9 Å². The Kier molecular flexibility index (Phi) is 5.78. The van der Waals surface area contributed by atoms with Gasteiger partial charge in [0.15, 0.2) is 0 Å². The molecule has 1 aromatic carbocycles. The van der Waals surface area contributed by atoms with Crippen LogP contribution in [0.15, 0.2) is 28.7 Å². The first-order chi connectivity index (χ1) is 8.33. The summed E-state index contributed by atoms with van der Waals surface area (Å²) in [5.41, 5.74) is 6.87. The highest BCUT2D eigenvalue weighted by molar-refractivity contribution is 9.10. The lowest BCUT2D eigenvalue weighted by Crippen LogP contribution is -2.33. The van der Waals surface area contributed by atoms with Gasteiger partial charge in [0.05, 0.1) is 5.75 Å². The number of benzene rings is 1. The van der Waals surface area contributed by atoms with Crippen molar-refractivity contribution >= 4 is 25.8 Å². The van der Waals surface area contributed by atoms with Gasteiger partial charge in [-0.1, -0.05) is 28.1 Å². The molecule has 0 spiro atoms. The molecule has 0 amide bonds. The van der Waals surface area contributed by atoms with E-state index < -0.39 is 9.84 Å². The Hall–Kier alpha value is -0.430. The Morgan fingerprint density at radius 2 is 2.11 bits per heavy atom. The minimum atomic E-state index is -2.94. The molecule has 0 aliphatic heterocycles. The van der Waals surface area contributed by atoms with Crippen LogP contribution in [-0.4, -0.2) is 45.5 Å². The molecule has 1 aromatic rings. The second kappa shape index (κ2) is 6.65. The molecule has 6 heteroatoms. The van der Waals surface area contributed by atoms with Crippen molar-refractivity contribution in [3.05, 3.63) is 34.3 Å². The number of hydrogen-bond donors (Lipinski definition) is 1. The Bertz CT molecular complexity index is 491. The van der Waals surface area contributed by atoms with E-state index >= 15 is 0 Å². The van der Waals surface area contributed by atoms with E-state index in [2.05, 4.69) is 15.9 Å². The lowest BCUT2D eigenvalue weighted by atomic mass is 10.1. The Morgan fingerprint density at radius 1 is 1.44 bits per heavy atom. The number of nitrogens with two attached hydrogens (primary N) is 1. The van der Waals surface area contributed by atoms with Crippen LogP contribution in [-0.2, 0) is 9.84 Å². The first kappa shape index (κ1) is 15.6. The van der Waals surface area contributed by atoms with Crippen LogP contribution in [0.4, 0.5) is 0 Å². The zero-order valence-corrected chi connectivity index (χ0v) is 13.0. The standard InChI is InChI=1S/C12H19BrN2O2S/c1-15(6-7-18(2,16)17)12(9-14)10-4-3-5-11(13)8-10/h3-5,8,12H,6-7,9,14H2,1-2H3. The van der Waals surface area contributed by atoms with E-state index in [1.165, 1.54) is 6.26 Å². The summed E-state index contributed by atoms with van der Waals surface area (Å²) in [4.78, 5) is 1.98. The lowest BCUT2D eigenvalue weighted by molar-refractivity contribution is 0.264. The summed E-state index contributed by atoms with van der Waals surface area (Å²) < 4.78 is 23.3. The number of nitrogens with zero attached hydrogens (tertiary/aromatic N) is 1. The molecule has 1 atom stereocenters. The second-order valence-electron chi connectivity index (χ2n) is 4.42. The van der Waals surface area contributed by atoms with E-state index in [1.54, 1.807) is 0 Å². The van der Waals surface area contributed by atoms with Crippen molar-refractivity contribution in [3.63, 3.8) is 0 Å². The van der Waals surface area contributed by atoms with Crippen molar-refractivity contribution in [1.29, 1.82) is 0 Å². The SMILES string of the molecule is CN(CCS(C)(=O)=O)C(CN)c1cccc(Br)c1. The summed E-state index contributed by atoms with van der Waals surface area (Å²) in [6.45, 7) is 0.934. The van der Waals surface area contributed by atoms with Crippen molar-refractivity contribution in [2.45, 2.75) is 6.04 Å². The van der Waals surface area contributed by atoms with E-state index in [4.69, 9.17) is 5.73 Å². The van der Waals surface area contributed by atoms with Gasteiger partial charge in [-0.15, -0.1) is 0 Å². The predicted molar refractivity (Wildman–Crippen MR) is 78.3 cm³/mol. The third-order valence-corrected chi connectivity index (χ3v) is 4.22. The van der Waals surface area contributed by atoms with E-state index in [0.717, 1.165) is 10.0 Å². The Balaban J connectivity index is 2.77. The van der Waals surface area contributed by atoms with Crippen LogP contribution in [0.3, 0.4) is 0 Å². The number of likely N-dealkylation sites (N-methyl/N-ethyl adjacent to an activating group) is 1. The van der Waals surface area contributed by atoms with Crippen LogP contribution in [0, 0.1) is 0 Å². The maximum Gasteiger partial charge on any atom is 0.148 e. The number of sulfone groups is 1. The van der Waals surface area contributed by atoms with Crippen LogP contribution in [0.5, 0.6) is 0 Å². The molecule has 0 aromatic heterocycles. The third kappa shape index (κ3) is 5.06. The largest absolute Gasteiger partial charge is 0.329 e. The van der Waals surface area contributed by atoms with Crippen molar-refractivity contribution in [2.75, 3.05) is 32.1 Å². The molecule has 0 radical (unpaired) electrons. The fourth-order valence-electron chi connectivity index (χ4n) is 1.75. The molecule has 0 bridgehead atoms. The third-order valence-electron chi connectivity index (χ3n) is 2.80. The molecule has 2 N–H and O–H groups in total. The van der Waals surface area contributed by atoms with Gasteiger partial charge in [-0.25, -0.2) is 8.42 Å². The molecule has 4 nitrogen and oxygen atoms in total. The normalized spacial score (nSPS) is 13.8. The summed E-state index contributed by atoms with van der Waals surface area (Å²) in [6.07, 6.45) is 1.25.